The molecule has 10 nitrogen and oxygen atoms in total. The van der Waals surface area contributed by atoms with Crippen LogP contribution in [-0.2, 0) is 0 Å². The lowest BCUT2D eigenvalue weighted by molar-refractivity contribution is 0.249. The molecule has 0 bridgehead atoms. The molecule has 31 heavy (non-hydrogen) atoms. The van der Waals surface area contributed by atoms with Gasteiger partial charge in [-0.1, -0.05) is 0 Å². The fourth-order valence-corrected chi connectivity index (χ4v) is 3.29. The maximum absolute atomic E-state index is 11.9. The van der Waals surface area contributed by atoms with Gasteiger partial charge in [0.05, 0.1) is 0 Å². The van der Waals surface area contributed by atoms with Crippen LogP contribution in [0.25, 0.3) is 11.0 Å². The number of urea groups is 1. The van der Waals surface area contributed by atoms with Gasteiger partial charge >= 0.3 is 6.03 Å². The van der Waals surface area contributed by atoms with E-state index in [4.69, 9.17) is 5.11 Å². The predicted octanol–water partition coefficient (Wildman–Crippen LogP) is 1.68. The third kappa shape index (κ3) is 5.56. The Morgan fingerprint density at radius 1 is 1.10 bits per heavy atom. The third-order valence-corrected chi connectivity index (χ3v) is 4.91. The Balaban J connectivity index is 1.42. The Morgan fingerprint density at radius 2 is 1.90 bits per heavy atom. The standard InChI is InChI=1S/C21H26N8O2/c30-13-1-8-23-21(31)27-18-7-2-15-14-24-20(28-19(15)26-18)25-16-3-5-17(6-4-16)29-11-9-22-10-12-29/h2-7,14,22,30H,1,8-13H2,(H3,23,24,25,26,27,28,31). The van der Waals surface area contributed by atoms with Crippen LogP contribution in [0.4, 0.5) is 27.9 Å². The molecule has 3 heterocycles. The number of nitrogens with zero attached hydrogens (tertiary/aromatic N) is 4. The van der Waals surface area contributed by atoms with Crippen LogP contribution in [0, 0.1) is 0 Å². The maximum Gasteiger partial charge on any atom is 0.320 e. The number of carbonyl (C=O) groups is 1. The molecule has 1 aliphatic rings. The van der Waals surface area contributed by atoms with Crippen molar-refractivity contribution in [1.29, 1.82) is 0 Å². The van der Waals surface area contributed by atoms with Gasteiger partial charge in [-0.05, 0) is 42.8 Å². The second-order valence-corrected chi connectivity index (χ2v) is 7.17. The topological polar surface area (TPSA) is 127 Å². The molecule has 4 rings (SSSR count). The van der Waals surface area contributed by atoms with Gasteiger partial charge in [-0.25, -0.2) is 14.8 Å². The molecule has 0 radical (unpaired) electrons. The number of pyridine rings is 1. The number of piperazine rings is 1. The normalized spacial score (nSPS) is 13.8. The van der Waals surface area contributed by atoms with Crippen molar-refractivity contribution in [1.82, 2.24) is 25.6 Å². The number of fused-ring (bicyclic) bond motifs is 1. The monoisotopic (exact) mass is 422 g/mol. The maximum atomic E-state index is 11.9. The molecule has 0 unspecified atom stereocenters. The lowest BCUT2D eigenvalue weighted by atomic mass is 10.2. The number of hydrogen-bond donors (Lipinski definition) is 5. The Kier molecular flexibility index (Phi) is 6.70. The summed E-state index contributed by atoms with van der Waals surface area (Å²) in [6.45, 7) is 4.42. The van der Waals surface area contributed by atoms with Gasteiger partial charge in [0.15, 0.2) is 5.65 Å². The molecule has 1 aromatic carbocycles. The number of aliphatic hydroxyl groups excluding tert-OH is 1. The van der Waals surface area contributed by atoms with Gasteiger partial charge in [-0.3, -0.25) is 5.32 Å². The molecule has 162 valence electrons. The van der Waals surface area contributed by atoms with Crippen molar-refractivity contribution in [2.24, 2.45) is 0 Å². The largest absolute Gasteiger partial charge is 0.396 e. The summed E-state index contributed by atoms with van der Waals surface area (Å²) in [7, 11) is 0. The van der Waals surface area contributed by atoms with Gasteiger partial charge in [-0.2, -0.15) is 4.98 Å². The van der Waals surface area contributed by atoms with E-state index in [9.17, 15) is 4.79 Å². The van der Waals surface area contributed by atoms with E-state index in [1.54, 1.807) is 18.3 Å². The van der Waals surface area contributed by atoms with Gasteiger partial charge in [0.25, 0.3) is 0 Å². The minimum Gasteiger partial charge on any atom is -0.396 e. The van der Waals surface area contributed by atoms with Crippen LogP contribution < -0.4 is 26.2 Å². The van der Waals surface area contributed by atoms with E-state index in [1.807, 2.05) is 12.1 Å². The number of benzene rings is 1. The van der Waals surface area contributed by atoms with Gasteiger partial charge in [-0.15, -0.1) is 0 Å². The van der Waals surface area contributed by atoms with E-state index in [0.717, 1.165) is 37.3 Å². The summed E-state index contributed by atoms with van der Waals surface area (Å²) in [5.41, 5.74) is 2.56. The van der Waals surface area contributed by atoms with Crippen LogP contribution in [0.1, 0.15) is 6.42 Å². The third-order valence-electron chi connectivity index (χ3n) is 4.91. The molecule has 10 heteroatoms. The fourth-order valence-electron chi connectivity index (χ4n) is 3.29. The van der Waals surface area contributed by atoms with Crippen molar-refractivity contribution in [2.75, 3.05) is 54.9 Å². The summed E-state index contributed by atoms with van der Waals surface area (Å²) in [5.74, 6) is 0.818. The number of aliphatic hydroxyl groups is 1. The highest BCUT2D eigenvalue weighted by Gasteiger charge is 2.10. The van der Waals surface area contributed by atoms with Crippen LogP contribution in [0.3, 0.4) is 0 Å². The first-order valence-corrected chi connectivity index (χ1v) is 10.3. The van der Waals surface area contributed by atoms with Crippen LogP contribution in [0.2, 0.25) is 0 Å². The molecule has 1 saturated heterocycles. The van der Waals surface area contributed by atoms with Gasteiger partial charge in [0.2, 0.25) is 5.95 Å². The van der Waals surface area contributed by atoms with Crippen molar-refractivity contribution < 1.29 is 9.90 Å². The molecule has 0 saturated carbocycles. The number of carbonyl (C=O) groups excluding carboxylic acids is 1. The fraction of sp³-hybridized carbons (Fsp3) is 0.333. The highest BCUT2D eigenvalue weighted by molar-refractivity contribution is 5.89. The minimum atomic E-state index is -0.378. The van der Waals surface area contributed by atoms with E-state index in [-0.39, 0.29) is 12.6 Å². The molecule has 0 aliphatic carbocycles. The van der Waals surface area contributed by atoms with E-state index in [0.29, 0.717) is 30.4 Å². The molecule has 2 aromatic heterocycles. The van der Waals surface area contributed by atoms with Crippen molar-refractivity contribution in [3.8, 4) is 0 Å². The van der Waals surface area contributed by atoms with Gasteiger partial charge in [0, 0.05) is 62.3 Å². The van der Waals surface area contributed by atoms with Crippen molar-refractivity contribution in [3.63, 3.8) is 0 Å². The molecule has 1 aliphatic heterocycles. The summed E-state index contributed by atoms with van der Waals surface area (Å²) >= 11 is 0. The summed E-state index contributed by atoms with van der Waals surface area (Å²) in [6.07, 6.45) is 2.19. The quantitative estimate of drug-likeness (QED) is 0.364. The first kappa shape index (κ1) is 20.8. The number of anilines is 4. The van der Waals surface area contributed by atoms with E-state index in [1.165, 1.54) is 5.69 Å². The molecule has 3 aromatic rings. The van der Waals surface area contributed by atoms with Crippen LogP contribution in [0.15, 0.2) is 42.6 Å². The average molecular weight is 422 g/mol. The second kappa shape index (κ2) is 10.0. The summed E-state index contributed by atoms with van der Waals surface area (Å²) in [5, 5.41) is 21.4. The Morgan fingerprint density at radius 3 is 2.68 bits per heavy atom. The highest BCUT2D eigenvalue weighted by Crippen LogP contribution is 2.21. The molecular formula is C21H26N8O2. The molecule has 5 N–H and O–H groups in total. The Bertz CT molecular complexity index is 1020. The van der Waals surface area contributed by atoms with Gasteiger partial charge in [0.1, 0.15) is 5.82 Å². The van der Waals surface area contributed by atoms with E-state index in [2.05, 4.69) is 53.3 Å². The van der Waals surface area contributed by atoms with Gasteiger partial charge < -0.3 is 26.0 Å². The molecule has 0 atom stereocenters. The zero-order valence-corrected chi connectivity index (χ0v) is 17.1. The zero-order valence-electron chi connectivity index (χ0n) is 17.1. The van der Waals surface area contributed by atoms with Crippen LogP contribution in [-0.4, -0.2) is 65.4 Å². The molecule has 0 spiro atoms. The first-order valence-electron chi connectivity index (χ1n) is 10.3. The first-order chi connectivity index (χ1) is 15.2. The molecular weight excluding hydrogens is 396 g/mol. The smallest absolute Gasteiger partial charge is 0.320 e. The zero-order chi connectivity index (χ0) is 21.5. The van der Waals surface area contributed by atoms with Crippen LogP contribution >= 0.6 is 0 Å². The minimum absolute atomic E-state index is 0.0274. The number of amides is 2. The van der Waals surface area contributed by atoms with Crippen molar-refractivity contribution in [2.45, 2.75) is 6.42 Å². The number of rotatable bonds is 7. The SMILES string of the molecule is O=C(NCCCO)Nc1ccc2cnc(Nc3ccc(N4CCNCC4)cc3)nc2n1. The lowest BCUT2D eigenvalue weighted by Gasteiger charge is -2.29. The summed E-state index contributed by atoms with van der Waals surface area (Å²) in [4.78, 5) is 27.4. The second-order valence-electron chi connectivity index (χ2n) is 7.17. The van der Waals surface area contributed by atoms with E-state index < -0.39 is 0 Å². The van der Waals surface area contributed by atoms with Crippen molar-refractivity contribution in [3.05, 3.63) is 42.6 Å². The summed E-state index contributed by atoms with van der Waals surface area (Å²) < 4.78 is 0. The molecule has 2 amide bonds. The number of nitrogens with one attached hydrogen (secondary N) is 4. The van der Waals surface area contributed by atoms with E-state index >= 15 is 0 Å². The van der Waals surface area contributed by atoms with Crippen LogP contribution in [0.5, 0.6) is 0 Å². The number of hydrogen-bond acceptors (Lipinski definition) is 8. The average Bonchev–Trinajstić information content (AvgIpc) is 2.80. The summed E-state index contributed by atoms with van der Waals surface area (Å²) in [6, 6.07) is 11.3. The number of aromatic nitrogens is 3. The Hall–Kier alpha value is -3.50. The highest BCUT2D eigenvalue weighted by atomic mass is 16.3. The van der Waals surface area contributed by atoms with Crippen molar-refractivity contribution >= 4 is 40.2 Å². The lowest BCUT2D eigenvalue weighted by Crippen LogP contribution is -2.43. The molecule has 1 fully saturated rings. The predicted molar refractivity (Wildman–Crippen MR) is 121 cm³/mol. The Labute approximate surface area is 180 Å².